The highest BCUT2D eigenvalue weighted by atomic mass is 16.5. The van der Waals surface area contributed by atoms with Gasteiger partial charge in [0.15, 0.2) is 0 Å². The lowest BCUT2D eigenvalue weighted by molar-refractivity contribution is -0.137. The molecule has 2 nitrogen and oxygen atoms in total. The van der Waals surface area contributed by atoms with Crippen molar-refractivity contribution in [1.29, 1.82) is 0 Å². The molecule has 4 atom stereocenters. The SMILES string of the molecule is C=C1C(=O)O[C@@H]2C=C3CCC[C@H](C)C3(C)C[C@@H]12. The molecule has 0 radical (unpaired) electrons. The van der Waals surface area contributed by atoms with Crippen molar-refractivity contribution in [2.24, 2.45) is 17.3 Å². The van der Waals surface area contributed by atoms with E-state index >= 15 is 0 Å². The molecule has 0 bridgehead atoms. The summed E-state index contributed by atoms with van der Waals surface area (Å²) >= 11 is 0. The Morgan fingerprint density at radius 3 is 3.06 bits per heavy atom. The van der Waals surface area contributed by atoms with Gasteiger partial charge < -0.3 is 4.74 Å². The summed E-state index contributed by atoms with van der Waals surface area (Å²) in [6.07, 6.45) is 6.98. The largest absolute Gasteiger partial charge is 0.454 e. The number of allylic oxidation sites excluding steroid dienone is 1. The maximum atomic E-state index is 11.6. The number of rotatable bonds is 0. The summed E-state index contributed by atoms with van der Waals surface area (Å²) in [6, 6.07) is 0. The van der Waals surface area contributed by atoms with Gasteiger partial charge in [0.1, 0.15) is 6.10 Å². The van der Waals surface area contributed by atoms with Gasteiger partial charge in [0.05, 0.1) is 0 Å². The van der Waals surface area contributed by atoms with E-state index < -0.39 is 0 Å². The molecule has 17 heavy (non-hydrogen) atoms. The van der Waals surface area contributed by atoms with Crippen molar-refractivity contribution in [3.05, 3.63) is 23.8 Å². The van der Waals surface area contributed by atoms with E-state index in [9.17, 15) is 4.79 Å². The number of hydrogen-bond acceptors (Lipinski definition) is 2. The summed E-state index contributed by atoms with van der Waals surface area (Å²) in [5, 5.41) is 0. The lowest BCUT2D eigenvalue weighted by Gasteiger charge is -2.47. The maximum Gasteiger partial charge on any atom is 0.334 e. The molecule has 0 amide bonds. The third-order valence-corrected chi connectivity index (χ3v) is 5.26. The molecule has 1 heterocycles. The molecule has 2 heteroatoms. The van der Waals surface area contributed by atoms with Crippen LogP contribution in [0.4, 0.5) is 0 Å². The molecule has 2 fully saturated rings. The molecule has 1 aliphatic heterocycles. The van der Waals surface area contributed by atoms with Crippen LogP contribution in [0.2, 0.25) is 0 Å². The Morgan fingerprint density at radius 1 is 1.53 bits per heavy atom. The van der Waals surface area contributed by atoms with Gasteiger partial charge in [-0.15, -0.1) is 0 Å². The number of hydrogen-bond donors (Lipinski definition) is 0. The number of fused-ring (bicyclic) bond motifs is 2. The lowest BCUT2D eigenvalue weighted by atomic mass is 9.58. The average molecular weight is 232 g/mol. The summed E-state index contributed by atoms with van der Waals surface area (Å²) in [6.45, 7) is 8.61. The van der Waals surface area contributed by atoms with Crippen molar-refractivity contribution < 1.29 is 9.53 Å². The van der Waals surface area contributed by atoms with Gasteiger partial charge in [-0.05, 0) is 43.1 Å². The first-order valence-electron chi connectivity index (χ1n) is 6.63. The second kappa shape index (κ2) is 3.47. The Labute approximate surface area is 103 Å². The van der Waals surface area contributed by atoms with Crippen molar-refractivity contribution in [3.63, 3.8) is 0 Å². The van der Waals surface area contributed by atoms with Crippen LogP contribution in [-0.4, -0.2) is 12.1 Å². The molecule has 0 N–H and O–H groups in total. The molecule has 0 aromatic carbocycles. The van der Waals surface area contributed by atoms with Crippen LogP contribution in [0, 0.1) is 17.3 Å². The zero-order valence-corrected chi connectivity index (χ0v) is 10.7. The van der Waals surface area contributed by atoms with Crippen molar-refractivity contribution in [2.45, 2.75) is 45.6 Å². The number of ether oxygens (including phenoxy) is 1. The standard InChI is InChI=1S/C15H20O2/c1-9-5-4-6-11-7-13-12(8-15(9,11)3)10(2)14(16)17-13/h7,9,12-13H,2,4-6,8H2,1,3H3/t9-,12-,13+,15?/m0/s1. The van der Waals surface area contributed by atoms with E-state index in [1.165, 1.54) is 24.8 Å². The van der Waals surface area contributed by atoms with Gasteiger partial charge in [0.2, 0.25) is 0 Å². The normalized spacial score (nSPS) is 44.8. The first kappa shape index (κ1) is 11.1. The van der Waals surface area contributed by atoms with Gasteiger partial charge in [0.25, 0.3) is 0 Å². The number of esters is 1. The second-order valence-electron chi connectivity index (χ2n) is 6.11. The van der Waals surface area contributed by atoms with Crippen LogP contribution >= 0.6 is 0 Å². The van der Waals surface area contributed by atoms with Crippen molar-refractivity contribution in [1.82, 2.24) is 0 Å². The minimum atomic E-state index is -0.188. The summed E-state index contributed by atoms with van der Waals surface area (Å²) in [5.41, 5.74) is 2.46. The Hall–Kier alpha value is -1.05. The third kappa shape index (κ3) is 1.42. The smallest absolute Gasteiger partial charge is 0.334 e. The number of carbonyl (C=O) groups excluding carboxylic acids is 1. The Kier molecular flexibility index (Phi) is 2.26. The molecular formula is C15H20O2. The zero-order chi connectivity index (χ0) is 12.2. The highest BCUT2D eigenvalue weighted by Crippen LogP contribution is 2.54. The van der Waals surface area contributed by atoms with E-state index in [4.69, 9.17) is 4.74 Å². The second-order valence-corrected chi connectivity index (χ2v) is 6.11. The van der Waals surface area contributed by atoms with Gasteiger partial charge in [-0.1, -0.05) is 26.0 Å². The van der Waals surface area contributed by atoms with Crippen molar-refractivity contribution in [2.75, 3.05) is 0 Å². The Balaban J connectivity index is 2.00. The monoisotopic (exact) mass is 232 g/mol. The van der Waals surface area contributed by atoms with E-state index in [2.05, 4.69) is 26.5 Å². The maximum absolute atomic E-state index is 11.6. The topological polar surface area (TPSA) is 26.3 Å². The average Bonchev–Trinajstić information content (AvgIpc) is 2.55. The Bertz CT molecular complexity index is 421. The van der Waals surface area contributed by atoms with Crippen LogP contribution in [-0.2, 0) is 9.53 Å². The van der Waals surface area contributed by atoms with E-state index in [1.807, 2.05) is 0 Å². The third-order valence-electron chi connectivity index (χ3n) is 5.26. The summed E-state index contributed by atoms with van der Waals surface area (Å²) in [7, 11) is 0. The fourth-order valence-corrected chi connectivity index (χ4v) is 3.80. The fourth-order valence-electron chi connectivity index (χ4n) is 3.80. The van der Waals surface area contributed by atoms with Crippen LogP contribution in [0.1, 0.15) is 39.5 Å². The van der Waals surface area contributed by atoms with Crippen LogP contribution in [0.25, 0.3) is 0 Å². The molecule has 92 valence electrons. The summed E-state index contributed by atoms with van der Waals surface area (Å²) < 4.78 is 5.39. The fraction of sp³-hybridized carbons (Fsp3) is 0.667. The van der Waals surface area contributed by atoms with Crippen LogP contribution in [0.3, 0.4) is 0 Å². The van der Waals surface area contributed by atoms with Gasteiger partial charge in [0, 0.05) is 11.5 Å². The van der Waals surface area contributed by atoms with Gasteiger partial charge in [-0.2, -0.15) is 0 Å². The van der Waals surface area contributed by atoms with E-state index in [1.54, 1.807) is 0 Å². The number of carbonyl (C=O) groups is 1. The van der Waals surface area contributed by atoms with Crippen molar-refractivity contribution >= 4 is 5.97 Å². The van der Waals surface area contributed by atoms with Gasteiger partial charge in [-0.25, -0.2) is 4.79 Å². The Morgan fingerprint density at radius 2 is 2.29 bits per heavy atom. The minimum Gasteiger partial charge on any atom is -0.454 e. The highest BCUT2D eigenvalue weighted by Gasteiger charge is 2.49. The molecule has 0 aromatic heterocycles. The van der Waals surface area contributed by atoms with Gasteiger partial charge >= 0.3 is 5.97 Å². The molecule has 0 spiro atoms. The molecular weight excluding hydrogens is 212 g/mol. The molecule has 1 unspecified atom stereocenters. The van der Waals surface area contributed by atoms with Crippen molar-refractivity contribution in [3.8, 4) is 0 Å². The van der Waals surface area contributed by atoms with E-state index in [-0.39, 0.29) is 23.4 Å². The van der Waals surface area contributed by atoms with Gasteiger partial charge in [-0.3, -0.25) is 0 Å². The first-order chi connectivity index (χ1) is 8.02. The molecule has 1 saturated carbocycles. The van der Waals surface area contributed by atoms with E-state index in [0.29, 0.717) is 11.5 Å². The highest BCUT2D eigenvalue weighted by molar-refractivity contribution is 5.91. The molecule has 3 rings (SSSR count). The van der Waals surface area contributed by atoms with Crippen LogP contribution in [0.15, 0.2) is 23.8 Å². The molecule has 3 aliphatic rings. The van der Waals surface area contributed by atoms with Crippen LogP contribution < -0.4 is 0 Å². The molecule has 0 aromatic rings. The summed E-state index contributed by atoms with van der Waals surface area (Å²) in [5.74, 6) is 0.732. The lowest BCUT2D eigenvalue weighted by Crippen LogP contribution is -2.39. The molecule has 1 saturated heterocycles. The summed E-state index contributed by atoms with van der Waals surface area (Å²) in [4.78, 5) is 11.6. The quantitative estimate of drug-likeness (QED) is 0.364. The zero-order valence-electron chi connectivity index (χ0n) is 10.7. The predicted molar refractivity (Wildman–Crippen MR) is 66.3 cm³/mol. The van der Waals surface area contributed by atoms with E-state index in [0.717, 1.165) is 6.42 Å². The minimum absolute atomic E-state index is 0.0247. The molecule has 2 aliphatic carbocycles. The van der Waals surface area contributed by atoms with Crippen LogP contribution in [0.5, 0.6) is 0 Å². The first-order valence-corrected chi connectivity index (χ1v) is 6.63. The predicted octanol–water partition coefficient (Wildman–Crippen LogP) is 3.24.